The van der Waals surface area contributed by atoms with Gasteiger partial charge < -0.3 is 10.2 Å². The number of aromatic nitrogens is 3. The Morgan fingerprint density at radius 2 is 2.04 bits per heavy atom. The number of hydrogen-bond donors (Lipinski definition) is 2. The molecule has 1 amide bonds. The zero-order valence-electron chi connectivity index (χ0n) is 13.3. The van der Waals surface area contributed by atoms with E-state index < -0.39 is 5.91 Å². The minimum atomic E-state index is -0.418. The van der Waals surface area contributed by atoms with Gasteiger partial charge in [0.1, 0.15) is 16.7 Å². The summed E-state index contributed by atoms with van der Waals surface area (Å²) in [6.45, 7) is 5.60. The van der Waals surface area contributed by atoms with Gasteiger partial charge in [-0.15, -0.1) is 0 Å². The molecule has 0 aliphatic carbocycles. The van der Waals surface area contributed by atoms with Crippen molar-refractivity contribution in [1.82, 2.24) is 20.3 Å². The van der Waals surface area contributed by atoms with Gasteiger partial charge in [0.2, 0.25) is 5.95 Å². The van der Waals surface area contributed by atoms with Gasteiger partial charge in [-0.05, 0) is 38.2 Å². The lowest BCUT2D eigenvalue weighted by Gasteiger charge is -2.20. The number of nitrogens with one attached hydrogen (secondary N) is 2. The van der Waals surface area contributed by atoms with Gasteiger partial charge in [0.25, 0.3) is 5.91 Å². The molecule has 0 spiro atoms. The maximum atomic E-state index is 12.0. The van der Waals surface area contributed by atoms with Gasteiger partial charge in [0.05, 0.1) is 0 Å². The largest absolute Gasteiger partial charge is 0.357 e. The van der Waals surface area contributed by atoms with Crippen molar-refractivity contribution in [3.05, 3.63) is 41.3 Å². The quantitative estimate of drug-likeness (QED) is 0.623. The Hall–Kier alpha value is -2.32. The minimum Gasteiger partial charge on any atom is -0.357 e. The van der Waals surface area contributed by atoms with E-state index in [2.05, 4.69) is 25.6 Å². The maximum absolute atomic E-state index is 12.0. The number of hydrogen-bond acceptors (Lipinski definition) is 6. The zero-order chi connectivity index (χ0) is 17.5. The van der Waals surface area contributed by atoms with Crippen LogP contribution in [0.3, 0.4) is 0 Å². The van der Waals surface area contributed by atoms with Gasteiger partial charge in [-0.2, -0.15) is 4.98 Å². The van der Waals surface area contributed by atoms with Gasteiger partial charge >= 0.3 is 0 Å². The Labute approximate surface area is 150 Å². The molecule has 0 bridgehead atoms. The highest BCUT2D eigenvalue weighted by Gasteiger charge is 2.12. The zero-order valence-corrected chi connectivity index (χ0v) is 14.9. The number of nitrogens with zero attached hydrogens (tertiary/aromatic N) is 4. The third kappa shape index (κ3) is 4.84. The van der Waals surface area contributed by atoms with Crippen LogP contribution < -0.4 is 15.5 Å². The molecule has 0 radical (unpaired) electrons. The third-order valence-electron chi connectivity index (χ3n) is 3.12. The van der Waals surface area contributed by atoms with E-state index in [9.17, 15) is 4.79 Å². The Bertz CT molecular complexity index is 723. The van der Waals surface area contributed by atoms with Crippen molar-refractivity contribution in [2.75, 3.05) is 23.3 Å². The summed E-state index contributed by atoms with van der Waals surface area (Å²) >= 11 is 11.1. The van der Waals surface area contributed by atoms with E-state index in [1.54, 1.807) is 24.3 Å². The number of pyridine rings is 1. The molecule has 0 unspecified atom stereocenters. The molecule has 0 saturated heterocycles. The van der Waals surface area contributed by atoms with Crippen LogP contribution in [0.15, 0.2) is 30.5 Å². The maximum Gasteiger partial charge on any atom is 0.275 e. The van der Waals surface area contributed by atoms with Crippen molar-refractivity contribution in [3.8, 4) is 0 Å². The van der Waals surface area contributed by atoms with Crippen LogP contribution in [0.4, 0.5) is 11.8 Å². The van der Waals surface area contributed by atoms with Crippen LogP contribution in [0, 0.1) is 0 Å². The van der Waals surface area contributed by atoms with E-state index in [4.69, 9.17) is 23.8 Å². The van der Waals surface area contributed by atoms with Gasteiger partial charge in [0, 0.05) is 25.4 Å². The van der Waals surface area contributed by atoms with Gasteiger partial charge in [-0.1, -0.05) is 17.7 Å². The summed E-state index contributed by atoms with van der Waals surface area (Å²) < 4.78 is 0. The number of carbonyl (C=O) groups is 1. The Kier molecular flexibility index (Phi) is 6.39. The van der Waals surface area contributed by atoms with Crippen molar-refractivity contribution in [2.45, 2.75) is 13.8 Å². The molecule has 2 N–H and O–H groups in total. The Balaban J connectivity index is 2.07. The summed E-state index contributed by atoms with van der Waals surface area (Å²) in [5.74, 6) is 0.483. The monoisotopic (exact) mass is 364 g/mol. The first-order valence-corrected chi connectivity index (χ1v) is 8.15. The SMILES string of the molecule is CCN(CC)c1cc(Cl)nc(NC(=S)NC(=O)c2ccccn2)n1. The lowest BCUT2D eigenvalue weighted by molar-refractivity contribution is 0.0973. The smallest absolute Gasteiger partial charge is 0.275 e. The van der Waals surface area contributed by atoms with Gasteiger partial charge in [0.15, 0.2) is 5.11 Å². The second-order valence-corrected chi connectivity index (χ2v) is 5.46. The highest BCUT2D eigenvalue weighted by atomic mass is 35.5. The molecule has 7 nitrogen and oxygen atoms in total. The molecule has 2 heterocycles. The Morgan fingerprint density at radius 1 is 1.29 bits per heavy atom. The van der Waals surface area contributed by atoms with Crippen LogP contribution in [-0.2, 0) is 0 Å². The summed E-state index contributed by atoms with van der Waals surface area (Å²) in [7, 11) is 0. The number of amides is 1. The fraction of sp³-hybridized carbons (Fsp3) is 0.267. The molecular formula is C15H17ClN6OS. The summed E-state index contributed by atoms with van der Waals surface area (Å²) in [6.07, 6.45) is 1.53. The van der Waals surface area contributed by atoms with E-state index >= 15 is 0 Å². The van der Waals surface area contributed by atoms with Crippen molar-refractivity contribution in [3.63, 3.8) is 0 Å². The molecule has 0 saturated carbocycles. The highest BCUT2D eigenvalue weighted by molar-refractivity contribution is 7.80. The molecule has 2 aromatic rings. The van der Waals surface area contributed by atoms with Gasteiger partial charge in [-0.3, -0.25) is 15.1 Å². The van der Waals surface area contributed by atoms with Crippen LogP contribution in [0.25, 0.3) is 0 Å². The molecule has 2 rings (SSSR count). The fourth-order valence-electron chi connectivity index (χ4n) is 1.97. The first kappa shape index (κ1) is 18.0. The van der Waals surface area contributed by atoms with Crippen molar-refractivity contribution >= 4 is 46.6 Å². The molecule has 0 fully saturated rings. The number of halogens is 1. The van der Waals surface area contributed by atoms with E-state index in [0.29, 0.717) is 5.82 Å². The second kappa shape index (κ2) is 8.51. The number of anilines is 2. The summed E-state index contributed by atoms with van der Waals surface area (Å²) in [5, 5.41) is 5.64. The van der Waals surface area contributed by atoms with E-state index in [-0.39, 0.29) is 21.9 Å². The average Bonchev–Trinajstić information content (AvgIpc) is 2.56. The second-order valence-electron chi connectivity index (χ2n) is 4.67. The topological polar surface area (TPSA) is 83.0 Å². The summed E-state index contributed by atoms with van der Waals surface area (Å²) in [6, 6.07) is 6.71. The third-order valence-corrected chi connectivity index (χ3v) is 3.52. The molecule has 0 aliphatic rings. The van der Waals surface area contributed by atoms with E-state index in [1.165, 1.54) is 6.20 Å². The normalized spacial score (nSPS) is 10.1. The molecule has 126 valence electrons. The fourth-order valence-corrected chi connectivity index (χ4v) is 2.33. The molecule has 2 aromatic heterocycles. The predicted octanol–water partition coefficient (Wildman–Crippen LogP) is 2.50. The molecule has 24 heavy (non-hydrogen) atoms. The highest BCUT2D eigenvalue weighted by Crippen LogP contribution is 2.18. The van der Waals surface area contributed by atoms with E-state index in [1.807, 2.05) is 18.7 Å². The molecule has 9 heteroatoms. The predicted molar refractivity (Wildman–Crippen MR) is 98.5 cm³/mol. The van der Waals surface area contributed by atoms with Gasteiger partial charge in [-0.25, -0.2) is 4.98 Å². The minimum absolute atomic E-state index is 0.0680. The summed E-state index contributed by atoms with van der Waals surface area (Å²) in [5.41, 5.74) is 0.262. The van der Waals surface area contributed by atoms with Crippen LogP contribution in [0.1, 0.15) is 24.3 Å². The summed E-state index contributed by atoms with van der Waals surface area (Å²) in [4.78, 5) is 26.4. The molecule has 0 atom stereocenters. The van der Waals surface area contributed by atoms with Crippen LogP contribution in [-0.4, -0.2) is 39.1 Å². The number of thiocarbonyl (C=S) groups is 1. The molecular weight excluding hydrogens is 348 g/mol. The Morgan fingerprint density at radius 3 is 2.67 bits per heavy atom. The average molecular weight is 365 g/mol. The van der Waals surface area contributed by atoms with Crippen LogP contribution in [0.2, 0.25) is 5.15 Å². The van der Waals surface area contributed by atoms with Crippen molar-refractivity contribution in [2.24, 2.45) is 0 Å². The van der Waals surface area contributed by atoms with Crippen LogP contribution >= 0.6 is 23.8 Å². The molecule has 0 aromatic carbocycles. The van der Waals surface area contributed by atoms with Crippen molar-refractivity contribution in [1.29, 1.82) is 0 Å². The lowest BCUT2D eigenvalue weighted by Crippen LogP contribution is -2.35. The number of rotatable bonds is 5. The first-order valence-electron chi connectivity index (χ1n) is 7.36. The lowest BCUT2D eigenvalue weighted by atomic mass is 10.3. The van der Waals surface area contributed by atoms with Crippen molar-refractivity contribution < 1.29 is 4.79 Å². The first-order chi connectivity index (χ1) is 11.5. The molecule has 0 aliphatic heterocycles. The number of carbonyl (C=O) groups excluding carboxylic acids is 1. The van der Waals surface area contributed by atoms with Crippen LogP contribution in [0.5, 0.6) is 0 Å². The van der Waals surface area contributed by atoms with E-state index in [0.717, 1.165) is 13.1 Å². The standard InChI is InChI=1S/C15H17ClN6OS/c1-3-22(4-2)12-9-11(16)18-14(19-12)21-15(24)20-13(23)10-7-5-6-8-17-10/h5-9H,3-4H2,1-2H3,(H2,18,19,20,21,23,24).